The molecule has 0 aliphatic heterocycles. The lowest BCUT2D eigenvalue weighted by Gasteiger charge is -1.96. The summed E-state index contributed by atoms with van der Waals surface area (Å²) in [6, 6.07) is 21.7. The molecule has 0 radical (unpaired) electrons. The van der Waals surface area contributed by atoms with E-state index in [2.05, 4.69) is 10.5 Å². The standard InChI is InChI=1S/C13H12N2/c1-2-5-9-12(8-4-1)14-15-13-10-6-3-7-11-13/h1-11,15H. The topological polar surface area (TPSA) is 24.4 Å². The van der Waals surface area contributed by atoms with Crippen molar-refractivity contribution < 1.29 is 0 Å². The minimum absolute atomic E-state index is 0.906. The molecular weight excluding hydrogens is 184 g/mol. The van der Waals surface area contributed by atoms with Gasteiger partial charge in [-0.05, 0) is 24.3 Å². The SMILES string of the molecule is c1ccc(NN=c2cccccc2)cc1. The van der Waals surface area contributed by atoms with Crippen molar-refractivity contribution in [2.75, 3.05) is 5.43 Å². The van der Waals surface area contributed by atoms with Gasteiger partial charge in [-0.15, -0.1) is 0 Å². The van der Waals surface area contributed by atoms with E-state index < -0.39 is 0 Å². The van der Waals surface area contributed by atoms with Crippen molar-refractivity contribution in [3.8, 4) is 0 Å². The minimum Gasteiger partial charge on any atom is -0.278 e. The summed E-state index contributed by atoms with van der Waals surface area (Å²) < 4.78 is 0. The number of nitrogens with zero attached hydrogens (tertiary/aromatic N) is 1. The van der Waals surface area contributed by atoms with Gasteiger partial charge in [0.25, 0.3) is 0 Å². The van der Waals surface area contributed by atoms with Gasteiger partial charge in [0, 0.05) is 0 Å². The first-order valence-corrected chi connectivity index (χ1v) is 4.85. The maximum Gasteiger partial charge on any atom is 0.0833 e. The van der Waals surface area contributed by atoms with Gasteiger partial charge < -0.3 is 0 Å². The average molecular weight is 196 g/mol. The van der Waals surface area contributed by atoms with Gasteiger partial charge in [-0.2, -0.15) is 5.10 Å². The molecule has 2 aromatic carbocycles. The minimum atomic E-state index is 0.906. The second kappa shape index (κ2) is 4.96. The van der Waals surface area contributed by atoms with Crippen molar-refractivity contribution in [1.29, 1.82) is 0 Å². The van der Waals surface area contributed by atoms with Gasteiger partial charge in [-0.25, -0.2) is 0 Å². The summed E-state index contributed by atoms with van der Waals surface area (Å²) in [5.74, 6) is 0. The first kappa shape index (κ1) is 9.46. The van der Waals surface area contributed by atoms with Crippen LogP contribution in [0.1, 0.15) is 0 Å². The number of para-hydroxylation sites is 1. The number of nitrogens with one attached hydrogen (secondary N) is 1. The predicted molar refractivity (Wildman–Crippen MR) is 62.1 cm³/mol. The summed E-state index contributed by atoms with van der Waals surface area (Å²) in [5.41, 5.74) is 3.99. The molecule has 0 aliphatic rings. The maximum atomic E-state index is 4.27. The molecule has 15 heavy (non-hydrogen) atoms. The molecule has 0 fully saturated rings. The zero-order valence-corrected chi connectivity index (χ0v) is 8.30. The van der Waals surface area contributed by atoms with Crippen molar-refractivity contribution in [1.82, 2.24) is 0 Å². The van der Waals surface area contributed by atoms with Crippen LogP contribution in [0.25, 0.3) is 0 Å². The third-order valence-corrected chi connectivity index (χ3v) is 1.96. The first-order valence-electron chi connectivity index (χ1n) is 4.85. The van der Waals surface area contributed by atoms with Crippen LogP contribution in [0.5, 0.6) is 0 Å². The Kier molecular flexibility index (Phi) is 3.13. The Labute approximate surface area is 88.9 Å². The van der Waals surface area contributed by atoms with E-state index in [1.165, 1.54) is 0 Å². The molecule has 0 aliphatic carbocycles. The molecule has 0 atom stereocenters. The highest BCUT2D eigenvalue weighted by Gasteiger charge is 1.83. The Balaban J connectivity index is 2.20. The Morgan fingerprint density at radius 3 is 1.87 bits per heavy atom. The van der Waals surface area contributed by atoms with Crippen LogP contribution < -0.4 is 10.8 Å². The van der Waals surface area contributed by atoms with Crippen LogP contribution >= 0.6 is 0 Å². The fourth-order valence-corrected chi connectivity index (χ4v) is 1.21. The van der Waals surface area contributed by atoms with E-state index in [9.17, 15) is 0 Å². The molecule has 1 N–H and O–H groups in total. The van der Waals surface area contributed by atoms with Crippen molar-refractivity contribution in [2.24, 2.45) is 5.10 Å². The smallest absolute Gasteiger partial charge is 0.0833 e. The van der Waals surface area contributed by atoms with E-state index >= 15 is 0 Å². The van der Waals surface area contributed by atoms with Crippen LogP contribution in [0.2, 0.25) is 0 Å². The molecule has 2 heteroatoms. The highest BCUT2D eigenvalue weighted by atomic mass is 15.3. The van der Waals surface area contributed by atoms with Crippen LogP contribution in [0, 0.1) is 0 Å². The van der Waals surface area contributed by atoms with Crippen LogP contribution in [0.3, 0.4) is 0 Å². The predicted octanol–water partition coefficient (Wildman–Crippen LogP) is 2.61. The fraction of sp³-hybridized carbons (Fsp3) is 0. The molecule has 74 valence electrons. The third-order valence-electron chi connectivity index (χ3n) is 1.96. The second-order valence-electron chi connectivity index (χ2n) is 3.12. The number of hydrogen-bond acceptors (Lipinski definition) is 2. The quantitative estimate of drug-likeness (QED) is 0.733. The lowest BCUT2D eigenvalue weighted by atomic mass is 10.3. The second-order valence-corrected chi connectivity index (χ2v) is 3.12. The molecule has 2 rings (SSSR count). The average Bonchev–Trinajstić information content (AvgIpc) is 2.56. The summed E-state index contributed by atoms with van der Waals surface area (Å²) in [6.07, 6.45) is 0. The first-order chi connectivity index (χ1) is 7.45. The summed E-state index contributed by atoms with van der Waals surface area (Å²) in [7, 11) is 0. The van der Waals surface area contributed by atoms with Crippen molar-refractivity contribution >= 4 is 5.69 Å². The monoisotopic (exact) mass is 196 g/mol. The lowest BCUT2D eigenvalue weighted by molar-refractivity contribution is 1.22. The number of benzene rings is 1. The zero-order valence-electron chi connectivity index (χ0n) is 8.30. The largest absolute Gasteiger partial charge is 0.278 e. The summed E-state index contributed by atoms with van der Waals surface area (Å²) in [4.78, 5) is 0. The van der Waals surface area contributed by atoms with Gasteiger partial charge >= 0.3 is 0 Å². The lowest BCUT2D eigenvalue weighted by Crippen LogP contribution is -2.01. The van der Waals surface area contributed by atoms with E-state index in [0.717, 1.165) is 11.0 Å². The molecular formula is C13H12N2. The number of anilines is 1. The van der Waals surface area contributed by atoms with E-state index in [4.69, 9.17) is 0 Å². The van der Waals surface area contributed by atoms with Gasteiger partial charge in [-0.3, -0.25) is 5.43 Å². The third kappa shape index (κ3) is 2.95. The summed E-state index contributed by atoms with van der Waals surface area (Å²) in [5, 5.41) is 5.17. The summed E-state index contributed by atoms with van der Waals surface area (Å²) >= 11 is 0. The normalized spacial score (nSPS) is 9.33. The molecule has 0 unspecified atom stereocenters. The molecule has 0 saturated carbocycles. The number of hydrogen-bond donors (Lipinski definition) is 1. The zero-order chi connectivity index (χ0) is 10.3. The van der Waals surface area contributed by atoms with Gasteiger partial charge in [-0.1, -0.05) is 42.5 Å². The molecule has 0 bridgehead atoms. The van der Waals surface area contributed by atoms with Gasteiger partial charge in [0.05, 0.1) is 11.0 Å². The Bertz CT molecular complexity index is 456. The van der Waals surface area contributed by atoms with Gasteiger partial charge in [0.2, 0.25) is 0 Å². The highest BCUT2D eigenvalue weighted by molar-refractivity contribution is 5.41. The Hall–Kier alpha value is -2.09. The van der Waals surface area contributed by atoms with E-state index in [1.54, 1.807) is 0 Å². The van der Waals surface area contributed by atoms with E-state index in [1.807, 2.05) is 66.7 Å². The van der Waals surface area contributed by atoms with Crippen LogP contribution in [-0.4, -0.2) is 0 Å². The molecule has 0 heterocycles. The molecule has 2 aromatic rings. The number of rotatable bonds is 2. The molecule has 2 nitrogen and oxygen atoms in total. The van der Waals surface area contributed by atoms with E-state index in [0.29, 0.717) is 0 Å². The van der Waals surface area contributed by atoms with Crippen LogP contribution in [-0.2, 0) is 0 Å². The molecule has 0 aromatic heterocycles. The highest BCUT2D eigenvalue weighted by Crippen LogP contribution is 2.03. The van der Waals surface area contributed by atoms with E-state index in [-0.39, 0.29) is 0 Å². The van der Waals surface area contributed by atoms with Crippen LogP contribution in [0.4, 0.5) is 5.69 Å². The van der Waals surface area contributed by atoms with Crippen molar-refractivity contribution in [3.05, 3.63) is 72.1 Å². The molecule has 0 amide bonds. The maximum absolute atomic E-state index is 4.27. The van der Waals surface area contributed by atoms with Gasteiger partial charge in [0.1, 0.15) is 0 Å². The Morgan fingerprint density at radius 1 is 0.667 bits per heavy atom. The van der Waals surface area contributed by atoms with Gasteiger partial charge in [0.15, 0.2) is 0 Å². The Morgan fingerprint density at radius 2 is 1.20 bits per heavy atom. The van der Waals surface area contributed by atoms with Crippen molar-refractivity contribution in [3.63, 3.8) is 0 Å². The van der Waals surface area contributed by atoms with Crippen molar-refractivity contribution in [2.45, 2.75) is 0 Å². The summed E-state index contributed by atoms with van der Waals surface area (Å²) in [6.45, 7) is 0. The molecule has 0 saturated heterocycles. The molecule has 0 spiro atoms. The fourth-order valence-electron chi connectivity index (χ4n) is 1.21. The van der Waals surface area contributed by atoms with Crippen LogP contribution in [0.15, 0.2) is 71.8 Å².